The number of aliphatic hydroxyl groups is 1. The summed E-state index contributed by atoms with van der Waals surface area (Å²) in [6.07, 6.45) is 3.27. The molecule has 1 aromatic carbocycles. The Labute approximate surface area is 94.1 Å². The minimum absolute atomic E-state index is 0.0246. The lowest BCUT2D eigenvalue weighted by atomic mass is 9.97. The van der Waals surface area contributed by atoms with E-state index in [1.807, 2.05) is 30.3 Å². The zero-order valence-electron chi connectivity index (χ0n) is 8.89. The highest BCUT2D eigenvalue weighted by molar-refractivity contribution is 6.14. The molecule has 0 spiro atoms. The lowest BCUT2D eigenvalue weighted by Gasteiger charge is -2.10. The Kier molecular flexibility index (Phi) is 3.15. The summed E-state index contributed by atoms with van der Waals surface area (Å²) in [4.78, 5) is 15.7. The second kappa shape index (κ2) is 4.75. The first kappa shape index (κ1) is 10.6. The summed E-state index contributed by atoms with van der Waals surface area (Å²) in [5, 5.41) is 9.58. The van der Waals surface area contributed by atoms with Gasteiger partial charge in [-0.1, -0.05) is 18.2 Å². The molecule has 1 aliphatic rings. The molecule has 3 nitrogen and oxygen atoms in total. The molecule has 1 aromatic rings. The molecule has 3 heteroatoms. The molecule has 0 saturated carbocycles. The van der Waals surface area contributed by atoms with E-state index in [0.29, 0.717) is 18.4 Å². The maximum Gasteiger partial charge on any atom is 0.167 e. The second-order valence-corrected chi connectivity index (χ2v) is 3.73. The average molecular weight is 215 g/mol. The number of benzene rings is 1. The molecule has 0 fully saturated rings. The number of aliphatic hydroxyl groups excluding tert-OH is 1. The van der Waals surface area contributed by atoms with Gasteiger partial charge < -0.3 is 5.11 Å². The van der Waals surface area contributed by atoms with Crippen molar-refractivity contribution in [1.82, 2.24) is 0 Å². The van der Waals surface area contributed by atoms with E-state index in [-0.39, 0.29) is 11.5 Å². The molecule has 0 aromatic heterocycles. The maximum absolute atomic E-state index is 11.5. The van der Waals surface area contributed by atoms with Crippen molar-refractivity contribution in [2.45, 2.75) is 19.3 Å². The van der Waals surface area contributed by atoms with Crippen molar-refractivity contribution in [3.05, 3.63) is 41.7 Å². The van der Waals surface area contributed by atoms with Gasteiger partial charge in [0.15, 0.2) is 5.78 Å². The van der Waals surface area contributed by atoms with Crippen molar-refractivity contribution < 1.29 is 9.90 Å². The van der Waals surface area contributed by atoms with Crippen LogP contribution in [0.2, 0.25) is 0 Å². The third-order valence-electron chi connectivity index (χ3n) is 2.53. The molecule has 16 heavy (non-hydrogen) atoms. The predicted molar refractivity (Wildman–Crippen MR) is 63.1 cm³/mol. The summed E-state index contributed by atoms with van der Waals surface area (Å²) >= 11 is 0. The number of Topliss-reactive ketones (excluding diaryl/α,β-unsaturated/α-hetero) is 1. The molecule has 0 unspecified atom stereocenters. The Morgan fingerprint density at radius 2 is 1.94 bits per heavy atom. The van der Waals surface area contributed by atoms with Gasteiger partial charge in [-0.05, 0) is 18.6 Å². The number of nitrogens with zero attached hydrogens (tertiary/aromatic N) is 1. The summed E-state index contributed by atoms with van der Waals surface area (Å²) in [5.74, 6) is 0.138. The fourth-order valence-corrected chi connectivity index (χ4v) is 1.65. The van der Waals surface area contributed by atoms with Crippen LogP contribution in [0.4, 0.5) is 5.69 Å². The van der Waals surface area contributed by atoms with Gasteiger partial charge in [0, 0.05) is 19.1 Å². The highest BCUT2D eigenvalue weighted by Gasteiger charge is 2.18. The first-order chi connectivity index (χ1) is 7.77. The van der Waals surface area contributed by atoms with Gasteiger partial charge in [-0.3, -0.25) is 9.79 Å². The van der Waals surface area contributed by atoms with Crippen LogP contribution in [-0.4, -0.2) is 17.1 Å². The molecule has 0 atom stereocenters. The number of carbonyl (C=O) groups excluding carboxylic acids is 1. The number of rotatable bonds is 2. The highest BCUT2D eigenvalue weighted by Crippen LogP contribution is 2.19. The van der Waals surface area contributed by atoms with E-state index in [4.69, 9.17) is 0 Å². The summed E-state index contributed by atoms with van der Waals surface area (Å²) in [7, 11) is 0. The van der Waals surface area contributed by atoms with Crippen molar-refractivity contribution >= 4 is 17.7 Å². The van der Waals surface area contributed by atoms with E-state index >= 15 is 0 Å². The van der Waals surface area contributed by atoms with Crippen LogP contribution >= 0.6 is 0 Å². The third-order valence-corrected chi connectivity index (χ3v) is 2.53. The van der Waals surface area contributed by atoms with Crippen LogP contribution < -0.4 is 0 Å². The Bertz CT molecular complexity index is 446. The number of hydrogen-bond acceptors (Lipinski definition) is 3. The van der Waals surface area contributed by atoms with Gasteiger partial charge in [0.05, 0.1) is 11.3 Å². The van der Waals surface area contributed by atoms with Crippen LogP contribution in [0, 0.1) is 0 Å². The van der Waals surface area contributed by atoms with Gasteiger partial charge in [-0.2, -0.15) is 0 Å². The van der Waals surface area contributed by atoms with Crippen molar-refractivity contribution in [3.63, 3.8) is 0 Å². The fourth-order valence-electron chi connectivity index (χ4n) is 1.65. The Balaban J connectivity index is 2.21. The minimum atomic E-state index is -0.0246. The van der Waals surface area contributed by atoms with E-state index in [0.717, 1.165) is 12.1 Å². The smallest absolute Gasteiger partial charge is 0.167 e. The summed E-state index contributed by atoms with van der Waals surface area (Å²) in [5.41, 5.74) is 1.14. The van der Waals surface area contributed by atoms with Gasteiger partial charge in [0.25, 0.3) is 0 Å². The van der Waals surface area contributed by atoms with Crippen molar-refractivity contribution in [3.8, 4) is 0 Å². The Morgan fingerprint density at radius 3 is 2.62 bits per heavy atom. The molecule has 1 N–H and O–H groups in total. The molecular weight excluding hydrogens is 202 g/mol. The van der Waals surface area contributed by atoms with Crippen molar-refractivity contribution in [1.29, 1.82) is 0 Å². The Morgan fingerprint density at radius 1 is 1.19 bits per heavy atom. The Hall–Kier alpha value is -1.90. The molecular formula is C13H13NO2. The zero-order chi connectivity index (χ0) is 11.4. The average Bonchev–Trinajstić information content (AvgIpc) is 2.30. The largest absolute Gasteiger partial charge is 0.512 e. The predicted octanol–water partition coefficient (Wildman–Crippen LogP) is 2.95. The molecule has 0 saturated heterocycles. The van der Waals surface area contributed by atoms with E-state index in [2.05, 4.69) is 4.99 Å². The van der Waals surface area contributed by atoms with Gasteiger partial charge in [-0.15, -0.1) is 0 Å². The minimum Gasteiger partial charge on any atom is -0.512 e. The SMILES string of the molecule is O=C1CCCC(O)=C1C=Nc1ccccc1. The van der Waals surface area contributed by atoms with Crippen LogP contribution in [0.5, 0.6) is 0 Å². The zero-order valence-corrected chi connectivity index (χ0v) is 8.89. The fraction of sp³-hybridized carbons (Fsp3) is 0.231. The van der Waals surface area contributed by atoms with E-state index < -0.39 is 0 Å². The molecule has 0 amide bonds. The number of carbonyl (C=O) groups is 1. The first-order valence-corrected chi connectivity index (χ1v) is 5.32. The normalized spacial score (nSPS) is 17.1. The first-order valence-electron chi connectivity index (χ1n) is 5.32. The lowest BCUT2D eigenvalue weighted by Crippen LogP contribution is -2.12. The van der Waals surface area contributed by atoms with Crippen molar-refractivity contribution in [2.24, 2.45) is 4.99 Å². The standard InChI is InChI=1S/C13H13NO2/c15-12-7-4-8-13(16)11(12)9-14-10-5-2-1-3-6-10/h1-3,5-6,9,15H,4,7-8H2. The van der Waals surface area contributed by atoms with Gasteiger partial charge in [0.1, 0.15) is 5.76 Å². The van der Waals surface area contributed by atoms with Crippen molar-refractivity contribution in [2.75, 3.05) is 0 Å². The maximum atomic E-state index is 11.5. The molecule has 2 rings (SSSR count). The van der Waals surface area contributed by atoms with E-state index in [9.17, 15) is 9.90 Å². The number of para-hydroxylation sites is 1. The molecule has 0 aliphatic heterocycles. The van der Waals surface area contributed by atoms with Crippen LogP contribution in [-0.2, 0) is 4.79 Å². The highest BCUT2D eigenvalue weighted by atomic mass is 16.3. The van der Waals surface area contributed by atoms with E-state index in [1.165, 1.54) is 6.21 Å². The third kappa shape index (κ3) is 2.37. The topological polar surface area (TPSA) is 49.7 Å². The molecule has 1 aliphatic carbocycles. The summed E-state index contributed by atoms with van der Waals surface area (Å²) in [6, 6.07) is 9.36. The van der Waals surface area contributed by atoms with E-state index in [1.54, 1.807) is 0 Å². The number of aliphatic imine (C=N–C) groups is 1. The van der Waals surface area contributed by atoms with Gasteiger partial charge >= 0.3 is 0 Å². The summed E-state index contributed by atoms with van der Waals surface area (Å²) < 4.78 is 0. The molecule has 0 heterocycles. The monoisotopic (exact) mass is 215 g/mol. The molecule has 82 valence electrons. The van der Waals surface area contributed by atoms with Crippen LogP contribution in [0.25, 0.3) is 0 Å². The quantitative estimate of drug-likeness (QED) is 0.771. The van der Waals surface area contributed by atoms with Crippen LogP contribution in [0.15, 0.2) is 46.7 Å². The van der Waals surface area contributed by atoms with Gasteiger partial charge in [-0.25, -0.2) is 0 Å². The van der Waals surface area contributed by atoms with Gasteiger partial charge in [0.2, 0.25) is 0 Å². The van der Waals surface area contributed by atoms with Crippen LogP contribution in [0.1, 0.15) is 19.3 Å². The molecule has 0 radical (unpaired) electrons. The summed E-state index contributed by atoms with van der Waals surface area (Å²) in [6.45, 7) is 0. The number of allylic oxidation sites excluding steroid dienone is 2. The molecule has 0 bridgehead atoms. The second-order valence-electron chi connectivity index (χ2n) is 3.73. The van der Waals surface area contributed by atoms with Crippen LogP contribution in [0.3, 0.4) is 0 Å². The lowest BCUT2D eigenvalue weighted by molar-refractivity contribution is -0.115. The number of hydrogen-bond donors (Lipinski definition) is 1. The number of ketones is 1.